The molecule has 1 atom stereocenters. The highest BCUT2D eigenvalue weighted by Crippen LogP contribution is 2.36. The van der Waals surface area contributed by atoms with Gasteiger partial charge in [-0.25, -0.2) is 14.8 Å². The van der Waals surface area contributed by atoms with Gasteiger partial charge in [0.05, 0.1) is 0 Å². The molecule has 0 unspecified atom stereocenters. The van der Waals surface area contributed by atoms with Gasteiger partial charge in [0.15, 0.2) is 11.5 Å². The first-order valence-corrected chi connectivity index (χ1v) is 10.5. The van der Waals surface area contributed by atoms with E-state index in [0.717, 1.165) is 21.3 Å². The number of aryl methyl sites for hydroxylation is 2. The minimum atomic E-state index is -0.409. The van der Waals surface area contributed by atoms with E-state index in [4.69, 9.17) is 4.98 Å². The molecule has 0 fully saturated rings. The van der Waals surface area contributed by atoms with Gasteiger partial charge in [0.2, 0.25) is 0 Å². The third-order valence-electron chi connectivity index (χ3n) is 5.13. The zero-order valence-electron chi connectivity index (χ0n) is 17.3. The second-order valence-corrected chi connectivity index (χ2v) is 8.62. The van der Waals surface area contributed by atoms with Gasteiger partial charge in [-0.05, 0) is 19.4 Å². The minimum Gasteiger partial charge on any atom is -0.280 e. The van der Waals surface area contributed by atoms with E-state index in [1.807, 2.05) is 49.4 Å². The van der Waals surface area contributed by atoms with Gasteiger partial charge in [0.1, 0.15) is 10.4 Å². The molecule has 0 bridgehead atoms. The largest absolute Gasteiger partial charge is 0.332 e. The van der Waals surface area contributed by atoms with E-state index in [-0.39, 0.29) is 10.8 Å². The molecule has 0 saturated carbocycles. The summed E-state index contributed by atoms with van der Waals surface area (Å²) in [6, 6.07) is 17.9. The number of hydrogen-bond acceptors (Lipinski definition) is 5. The molecule has 6 nitrogen and oxygen atoms in total. The first-order valence-electron chi connectivity index (χ1n) is 9.63. The van der Waals surface area contributed by atoms with Gasteiger partial charge in [0, 0.05) is 24.9 Å². The molecular weight excluding hydrogens is 396 g/mol. The van der Waals surface area contributed by atoms with Gasteiger partial charge in [-0.1, -0.05) is 71.9 Å². The average Bonchev–Trinajstić information content (AvgIpc) is 2.76. The number of nitrogens with zero attached hydrogens (tertiary/aromatic N) is 4. The average molecular weight is 419 g/mol. The predicted molar refractivity (Wildman–Crippen MR) is 121 cm³/mol. The summed E-state index contributed by atoms with van der Waals surface area (Å²) >= 11 is 1.50. The van der Waals surface area contributed by atoms with Crippen LogP contribution in [0.4, 0.5) is 0 Å². The number of benzene rings is 2. The Bertz CT molecular complexity index is 1340. The van der Waals surface area contributed by atoms with Crippen LogP contribution in [0, 0.1) is 6.92 Å². The lowest BCUT2D eigenvalue weighted by Gasteiger charge is -2.15. The van der Waals surface area contributed by atoms with Gasteiger partial charge in [-0.15, -0.1) is 0 Å². The summed E-state index contributed by atoms with van der Waals surface area (Å²) in [6.07, 6.45) is 0. The van der Waals surface area contributed by atoms with Crippen LogP contribution in [0.25, 0.3) is 22.4 Å². The number of hydrogen-bond donors (Lipinski definition) is 0. The summed E-state index contributed by atoms with van der Waals surface area (Å²) in [5.41, 5.74) is 2.65. The molecule has 0 aliphatic heterocycles. The summed E-state index contributed by atoms with van der Waals surface area (Å²) in [5, 5.41) is 1.00. The molecule has 0 aliphatic rings. The molecule has 2 heterocycles. The van der Waals surface area contributed by atoms with Crippen molar-refractivity contribution >= 4 is 22.8 Å². The lowest BCUT2D eigenvalue weighted by atomic mass is 10.1. The lowest BCUT2D eigenvalue weighted by molar-refractivity contribution is 0.703. The Kier molecular flexibility index (Phi) is 5.30. The second-order valence-electron chi connectivity index (χ2n) is 7.29. The molecule has 4 aromatic rings. The van der Waals surface area contributed by atoms with E-state index in [0.29, 0.717) is 21.9 Å². The molecule has 0 spiro atoms. The zero-order chi connectivity index (χ0) is 21.4. The van der Waals surface area contributed by atoms with Crippen molar-refractivity contribution in [1.82, 2.24) is 19.1 Å². The molecule has 2 aromatic heterocycles. The van der Waals surface area contributed by atoms with Crippen LogP contribution in [0.1, 0.15) is 23.3 Å². The summed E-state index contributed by atoms with van der Waals surface area (Å²) in [4.78, 5) is 34.9. The predicted octanol–water partition coefficient (Wildman–Crippen LogP) is 3.86. The molecule has 4 rings (SSSR count). The molecule has 0 amide bonds. The molecular formula is C23H22N4O2S. The summed E-state index contributed by atoms with van der Waals surface area (Å²) in [6.45, 7) is 4.09. The van der Waals surface area contributed by atoms with Crippen LogP contribution in [0.3, 0.4) is 0 Å². The topological polar surface area (TPSA) is 69.8 Å². The molecule has 2 aromatic carbocycles. The zero-order valence-corrected chi connectivity index (χ0v) is 18.1. The number of thioether (sulfide) groups is 1. The van der Waals surface area contributed by atoms with Gasteiger partial charge in [-0.2, -0.15) is 0 Å². The van der Waals surface area contributed by atoms with Crippen molar-refractivity contribution < 1.29 is 0 Å². The van der Waals surface area contributed by atoms with E-state index in [9.17, 15) is 9.59 Å². The smallest absolute Gasteiger partial charge is 0.280 e. The molecule has 0 N–H and O–H groups in total. The SMILES string of the molecule is Cc1ccc(-c2nc(S[C@H](C)c3ccccc3)c3c(=O)n(C)c(=O)n(C)c3n2)cc1. The van der Waals surface area contributed by atoms with Crippen LogP contribution in [0.5, 0.6) is 0 Å². The second kappa shape index (κ2) is 7.91. The van der Waals surface area contributed by atoms with Crippen molar-refractivity contribution in [2.75, 3.05) is 0 Å². The normalized spacial score (nSPS) is 12.3. The van der Waals surface area contributed by atoms with Gasteiger partial charge in [0.25, 0.3) is 5.56 Å². The van der Waals surface area contributed by atoms with Crippen LogP contribution in [0.15, 0.2) is 69.2 Å². The Balaban J connectivity index is 1.97. The number of rotatable bonds is 4. The maximum absolute atomic E-state index is 13.0. The van der Waals surface area contributed by atoms with Gasteiger partial charge in [-0.3, -0.25) is 13.9 Å². The van der Waals surface area contributed by atoms with Crippen LogP contribution < -0.4 is 11.2 Å². The van der Waals surface area contributed by atoms with Crippen LogP contribution >= 0.6 is 11.8 Å². The highest BCUT2D eigenvalue weighted by atomic mass is 32.2. The Morgan fingerprint density at radius 1 is 0.900 bits per heavy atom. The van der Waals surface area contributed by atoms with Crippen molar-refractivity contribution in [2.24, 2.45) is 14.1 Å². The number of aromatic nitrogens is 4. The van der Waals surface area contributed by atoms with E-state index in [2.05, 4.69) is 24.0 Å². The maximum atomic E-state index is 13.0. The summed E-state index contributed by atoms with van der Waals surface area (Å²) in [5.74, 6) is 0.494. The monoisotopic (exact) mass is 418 g/mol. The van der Waals surface area contributed by atoms with Crippen molar-refractivity contribution in [2.45, 2.75) is 24.1 Å². The third-order valence-corrected chi connectivity index (χ3v) is 6.28. The summed E-state index contributed by atoms with van der Waals surface area (Å²) < 4.78 is 2.52. The summed E-state index contributed by atoms with van der Waals surface area (Å²) in [7, 11) is 3.11. The standard InChI is InChI=1S/C23H22N4O2S/c1-14-10-12-17(13-11-14)19-24-20-18(22(28)27(4)23(29)26(20)3)21(25-19)30-15(2)16-8-6-5-7-9-16/h5-13,15H,1-4H3/t15-/m1/s1. The Morgan fingerprint density at radius 3 is 2.23 bits per heavy atom. The van der Waals surface area contributed by atoms with E-state index in [1.165, 1.54) is 23.4 Å². The van der Waals surface area contributed by atoms with Gasteiger partial charge < -0.3 is 0 Å². The Labute approximate surface area is 178 Å². The lowest BCUT2D eigenvalue weighted by Crippen LogP contribution is -2.37. The number of fused-ring (bicyclic) bond motifs is 1. The fraction of sp³-hybridized carbons (Fsp3) is 0.217. The van der Waals surface area contributed by atoms with Gasteiger partial charge >= 0.3 is 5.69 Å². The third kappa shape index (κ3) is 3.57. The molecule has 152 valence electrons. The highest BCUT2D eigenvalue weighted by molar-refractivity contribution is 7.99. The minimum absolute atomic E-state index is 0.0668. The van der Waals surface area contributed by atoms with Crippen LogP contribution in [-0.2, 0) is 14.1 Å². The highest BCUT2D eigenvalue weighted by Gasteiger charge is 2.20. The molecule has 30 heavy (non-hydrogen) atoms. The first kappa shape index (κ1) is 20.1. The van der Waals surface area contributed by atoms with E-state index >= 15 is 0 Å². The van der Waals surface area contributed by atoms with Crippen molar-refractivity contribution in [1.29, 1.82) is 0 Å². The van der Waals surface area contributed by atoms with Crippen LogP contribution in [0.2, 0.25) is 0 Å². The molecule has 0 radical (unpaired) electrons. The van der Waals surface area contributed by atoms with Crippen molar-refractivity contribution in [3.63, 3.8) is 0 Å². The molecule has 0 saturated heterocycles. The van der Waals surface area contributed by atoms with E-state index in [1.54, 1.807) is 7.05 Å². The van der Waals surface area contributed by atoms with Crippen molar-refractivity contribution in [3.05, 3.63) is 86.6 Å². The maximum Gasteiger partial charge on any atom is 0.332 e. The molecule has 0 aliphatic carbocycles. The fourth-order valence-corrected chi connectivity index (χ4v) is 4.37. The Hall–Kier alpha value is -3.19. The van der Waals surface area contributed by atoms with Crippen LogP contribution in [-0.4, -0.2) is 19.1 Å². The first-order chi connectivity index (χ1) is 14.4. The fourth-order valence-electron chi connectivity index (χ4n) is 3.31. The Morgan fingerprint density at radius 2 is 1.57 bits per heavy atom. The quantitative estimate of drug-likeness (QED) is 0.372. The molecule has 7 heteroatoms. The van der Waals surface area contributed by atoms with E-state index < -0.39 is 5.69 Å². The van der Waals surface area contributed by atoms with Crippen molar-refractivity contribution in [3.8, 4) is 11.4 Å².